The maximum Gasteiger partial charge on any atom is 0.158 e. The van der Waals surface area contributed by atoms with Gasteiger partial charge in [0.1, 0.15) is 5.75 Å². The average molecular weight is 353 g/mol. The normalized spacial score (nSPS) is 17.7. The molecule has 0 saturated heterocycles. The van der Waals surface area contributed by atoms with Crippen molar-refractivity contribution in [1.82, 2.24) is 0 Å². The lowest BCUT2D eigenvalue weighted by atomic mass is 10.00. The largest absolute Gasteiger partial charge is 0.506 e. The van der Waals surface area contributed by atoms with Crippen LogP contribution in [0.15, 0.2) is 52.1 Å². The standard InChI is InChI=1S/C15H11BrClNO2/c16-12-7-10(17)6-11(15(12)19)13-8-14(20-18-13)9-4-2-1-3-5-9/h1-7,14,19H,8H2. The highest BCUT2D eigenvalue weighted by Crippen LogP contribution is 2.36. The third kappa shape index (κ3) is 2.53. The molecule has 5 heteroatoms. The Labute approximate surface area is 130 Å². The summed E-state index contributed by atoms with van der Waals surface area (Å²) >= 11 is 9.29. The first-order chi connectivity index (χ1) is 9.65. The topological polar surface area (TPSA) is 41.8 Å². The molecule has 0 bridgehead atoms. The van der Waals surface area contributed by atoms with Crippen molar-refractivity contribution in [3.63, 3.8) is 0 Å². The van der Waals surface area contributed by atoms with E-state index >= 15 is 0 Å². The van der Waals surface area contributed by atoms with Crippen molar-refractivity contribution in [1.29, 1.82) is 0 Å². The van der Waals surface area contributed by atoms with E-state index in [1.807, 2.05) is 30.3 Å². The molecule has 2 aromatic rings. The molecule has 1 aliphatic heterocycles. The SMILES string of the molecule is Oc1c(Br)cc(Cl)cc1C1=NOC(c2ccccc2)C1. The minimum Gasteiger partial charge on any atom is -0.506 e. The molecule has 0 amide bonds. The molecule has 102 valence electrons. The van der Waals surface area contributed by atoms with Crippen LogP contribution in [0.2, 0.25) is 5.02 Å². The van der Waals surface area contributed by atoms with Crippen LogP contribution in [-0.2, 0) is 4.84 Å². The van der Waals surface area contributed by atoms with Gasteiger partial charge in [-0.3, -0.25) is 0 Å². The van der Waals surface area contributed by atoms with Crippen molar-refractivity contribution >= 4 is 33.2 Å². The Bertz CT molecular complexity index is 673. The molecule has 3 rings (SSSR count). The first-order valence-electron chi connectivity index (χ1n) is 6.11. The Balaban J connectivity index is 1.88. The van der Waals surface area contributed by atoms with E-state index in [1.165, 1.54) is 0 Å². The van der Waals surface area contributed by atoms with Crippen molar-refractivity contribution in [2.75, 3.05) is 0 Å². The summed E-state index contributed by atoms with van der Waals surface area (Å²) < 4.78 is 0.547. The van der Waals surface area contributed by atoms with E-state index in [2.05, 4.69) is 21.1 Å². The number of benzene rings is 2. The van der Waals surface area contributed by atoms with Gasteiger partial charge >= 0.3 is 0 Å². The van der Waals surface area contributed by atoms with Gasteiger partial charge in [0.15, 0.2) is 6.10 Å². The van der Waals surface area contributed by atoms with Gasteiger partial charge in [0.05, 0.1) is 10.2 Å². The van der Waals surface area contributed by atoms with Crippen LogP contribution in [-0.4, -0.2) is 10.8 Å². The minimum atomic E-state index is -0.122. The van der Waals surface area contributed by atoms with E-state index in [9.17, 15) is 5.11 Å². The fraction of sp³-hybridized carbons (Fsp3) is 0.133. The van der Waals surface area contributed by atoms with Gasteiger partial charge in [-0.25, -0.2) is 0 Å². The van der Waals surface area contributed by atoms with Crippen LogP contribution in [0.5, 0.6) is 5.75 Å². The second kappa shape index (κ2) is 5.46. The van der Waals surface area contributed by atoms with E-state index in [0.29, 0.717) is 27.2 Å². The predicted molar refractivity (Wildman–Crippen MR) is 82.2 cm³/mol. The van der Waals surface area contributed by atoms with Crippen molar-refractivity contribution in [3.05, 3.63) is 63.1 Å². The van der Waals surface area contributed by atoms with Gasteiger partial charge < -0.3 is 9.94 Å². The quantitative estimate of drug-likeness (QED) is 0.853. The van der Waals surface area contributed by atoms with Crippen LogP contribution in [0, 0.1) is 0 Å². The molecule has 1 unspecified atom stereocenters. The minimum absolute atomic E-state index is 0.122. The summed E-state index contributed by atoms with van der Waals surface area (Å²) in [5.74, 6) is 0.130. The maximum absolute atomic E-state index is 10.1. The monoisotopic (exact) mass is 351 g/mol. The highest BCUT2D eigenvalue weighted by Gasteiger charge is 2.26. The third-order valence-electron chi connectivity index (χ3n) is 3.18. The number of aromatic hydroxyl groups is 1. The van der Waals surface area contributed by atoms with Crippen LogP contribution in [0.4, 0.5) is 0 Å². The number of halogens is 2. The summed E-state index contributed by atoms with van der Waals surface area (Å²) in [6.07, 6.45) is 0.480. The van der Waals surface area contributed by atoms with Crippen LogP contribution in [0.1, 0.15) is 23.7 Å². The predicted octanol–water partition coefficient (Wildman–Crippen LogP) is 4.67. The zero-order valence-electron chi connectivity index (χ0n) is 10.4. The van der Waals surface area contributed by atoms with Crippen LogP contribution in [0.3, 0.4) is 0 Å². The molecule has 1 heterocycles. The van der Waals surface area contributed by atoms with Gasteiger partial charge in [-0.05, 0) is 33.6 Å². The number of hydrogen-bond donors (Lipinski definition) is 1. The summed E-state index contributed by atoms with van der Waals surface area (Å²) in [6.45, 7) is 0. The van der Waals surface area contributed by atoms with Gasteiger partial charge in [0, 0.05) is 17.0 Å². The van der Waals surface area contributed by atoms with Crippen molar-refractivity contribution in [3.8, 4) is 5.75 Å². The molecular formula is C15H11BrClNO2. The molecule has 0 aliphatic carbocycles. The van der Waals surface area contributed by atoms with E-state index < -0.39 is 0 Å². The Kier molecular flexibility index (Phi) is 3.68. The number of phenolic OH excluding ortho intramolecular Hbond substituents is 1. The second-order valence-electron chi connectivity index (χ2n) is 4.53. The Hall–Kier alpha value is -1.52. The van der Waals surface area contributed by atoms with Crippen molar-refractivity contribution in [2.45, 2.75) is 12.5 Å². The van der Waals surface area contributed by atoms with Crippen LogP contribution >= 0.6 is 27.5 Å². The first-order valence-corrected chi connectivity index (χ1v) is 7.28. The fourth-order valence-corrected chi connectivity index (χ4v) is 2.98. The number of oxime groups is 1. The summed E-state index contributed by atoms with van der Waals surface area (Å²) in [7, 11) is 0. The molecule has 2 aromatic carbocycles. The summed E-state index contributed by atoms with van der Waals surface area (Å²) in [6, 6.07) is 13.2. The van der Waals surface area contributed by atoms with E-state index in [0.717, 1.165) is 5.56 Å². The van der Waals surface area contributed by atoms with Gasteiger partial charge in [-0.2, -0.15) is 0 Å². The van der Waals surface area contributed by atoms with Gasteiger partial charge in [-0.15, -0.1) is 0 Å². The summed E-state index contributed by atoms with van der Waals surface area (Å²) in [5, 5.41) is 14.7. The smallest absolute Gasteiger partial charge is 0.158 e. The Morgan fingerprint density at radius 1 is 1.25 bits per heavy atom. The van der Waals surface area contributed by atoms with Crippen LogP contribution < -0.4 is 0 Å². The number of nitrogens with zero attached hydrogens (tertiary/aromatic N) is 1. The number of phenols is 1. The molecule has 1 N–H and O–H groups in total. The van der Waals surface area contributed by atoms with Gasteiger partial charge in [-0.1, -0.05) is 47.1 Å². The molecule has 0 aromatic heterocycles. The number of rotatable bonds is 2. The molecule has 0 spiro atoms. The zero-order chi connectivity index (χ0) is 14.1. The fourth-order valence-electron chi connectivity index (χ4n) is 2.17. The zero-order valence-corrected chi connectivity index (χ0v) is 12.7. The third-order valence-corrected chi connectivity index (χ3v) is 4.00. The highest BCUT2D eigenvalue weighted by atomic mass is 79.9. The van der Waals surface area contributed by atoms with Crippen molar-refractivity contribution in [2.24, 2.45) is 5.16 Å². The molecule has 3 nitrogen and oxygen atoms in total. The Morgan fingerprint density at radius 3 is 2.75 bits per heavy atom. The maximum atomic E-state index is 10.1. The molecule has 0 saturated carbocycles. The van der Waals surface area contributed by atoms with E-state index in [1.54, 1.807) is 12.1 Å². The lowest BCUT2D eigenvalue weighted by Crippen LogP contribution is -2.02. The lowest BCUT2D eigenvalue weighted by molar-refractivity contribution is 0.0857. The molecule has 0 radical (unpaired) electrons. The number of hydrogen-bond acceptors (Lipinski definition) is 3. The molecule has 1 aliphatic rings. The molecule has 20 heavy (non-hydrogen) atoms. The molecule has 1 atom stereocenters. The molecule has 0 fully saturated rings. The second-order valence-corrected chi connectivity index (χ2v) is 5.82. The van der Waals surface area contributed by atoms with E-state index in [-0.39, 0.29) is 11.9 Å². The van der Waals surface area contributed by atoms with Crippen molar-refractivity contribution < 1.29 is 9.94 Å². The Morgan fingerprint density at radius 2 is 2.00 bits per heavy atom. The van der Waals surface area contributed by atoms with Crippen LogP contribution in [0.25, 0.3) is 0 Å². The van der Waals surface area contributed by atoms with Gasteiger partial charge in [0.25, 0.3) is 0 Å². The molecular weight excluding hydrogens is 342 g/mol. The summed E-state index contributed by atoms with van der Waals surface area (Å²) in [5.41, 5.74) is 2.36. The summed E-state index contributed by atoms with van der Waals surface area (Å²) in [4.78, 5) is 5.46. The first kappa shape index (κ1) is 13.5. The van der Waals surface area contributed by atoms with Gasteiger partial charge in [0.2, 0.25) is 0 Å². The lowest BCUT2D eigenvalue weighted by Gasteiger charge is -2.08. The average Bonchev–Trinajstić information content (AvgIpc) is 2.93. The highest BCUT2D eigenvalue weighted by molar-refractivity contribution is 9.10. The van der Waals surface area contributed by atoms with E-state index in [4.69, 9.17) is 16.4 Å².